The van der Waals surface area contributed by atoms with Crippen LogP contribution in [0.4, 0.5) is 10.5 Å². The molecule has 0 bridgehead atoms. The molecular formula is C24H21NO3. The second-order valence-electron chi connectivity index (χ2n) is 6.58. The van der Waals surface area contributed by atoms with Gasteiger partial charge in [0.25, 0.3) is 0 Å². The van der Waals surface area contributed by atoms with Crippen molar-refractivity contribution >= 4 is 11.8 Å². The summed E-state index contributed by atoms with van der Waals surface area (Å²) in [4.78, 5) is 12.3. The molecule has 0 radical (unpaired) electrons. The van der Waals surface area contributed by atoms with E-state index in [2.05, 4.69) is 36.2 Å². The van der Waals surface area contributed by atoms with Crippen molar-refractivity contribution in [3.05, 3.63) is 96.6 Å². The Labute approximate surface area is 164 Å². The summed E-state index contributed by atoms with van der Waals surface area (Å²) in [5.41, 5.74) is 5.42. The molecule has 1 amide bonds. The molecule has 4 rings (SSSR count). The van der Waals surface area contributed by atoms with E-state index in [0.29, 0.717) is 18.0 Å². The Morgan fingerprint density at radius 1 is 0.964 bits per heavy atom. The maximum Gasteiger partial charge on any atom is 0.411 e. The number of benzene rings is 3. The first-order chi connectivity index (χ1) is 13.8. The maximum absolute atomic E-state index is 12.3. The smallest absolute Gasteiger partial charge is 0.411 e. The van der Waals surface area contributed by atoms with Crippen molar-refractivity contribution < 1.29 is 14.3 Å². The fourth-order valence-corrected chi connectivity index (χ4v) is 3.57. The lowest BCUT2D eigenvalue weighted by atomic mass is 9.98. The predicted octanol–water partition coefficient (Wildman–Crippen LogP) is 5.61. The molecule has 4 nitrogen and oxygen atoms in total. The molecule has 0 aromatic heterocycles. The van der Waals surface area contributed by atoms with Gasteiger partial charge in [0.2, 0.25) is 0 Å². The average Bonchev–Trinajstić information content (AvgIpc) is 3.05. The molecule has 0 unspecified atom stereocenters. The molecular weight excluding hydrogens is 350 g/mol. The van der Waals surface area contributed by atoms with E-state index in [9.17, 15) is 4.79 Å². The number of rotatable bonds is 6. The number of hydrogen-bond acceptors (Lipinski definition) is 3. The van der Waals surface area contributed by atoms with Crippen molar-refractivity contribution in [1.82, 2.24) is 0 Å². The summed E-state index contributed by atoms with van der Waals surface area (Å²) in [7, 11) is 0. The molecule has 28 heavy (non-hydrogen) atoms. The minimum Gasteiger partial charge on any atom is -0.489 e. The fourth-order valence-electron chi connectivity index (χ4n) is 3.57. The van der Waals surface area contributed by atoms with Gasteiger partial charge in [0.1, 0.15) is 19.0 Å². The van der Waals surface area contributed by atoms with E-state index in [1.807, 2.05) is 36.4 Å². The van der Waals surface area contributed by atoms with Crippen LogP contribution in [0.3, 0.4) is 0 Å². The first-order valence-corrected chi connectivity index (χ1v) is 9.22. The zero-order chi connectivity index (χ0) is 19.3. The van der Waals surface area contributed by atoms with Gasteiger partial charge in [0.05, 0.1) is 0 Å². The van der Waals surface area contributed by atoms with Crippen LogP contribution in [-0.4, -0.2) is 19.3 Å². The number of nitrogens with one attached hydrogen (secondary N) is 1. The number of hydrogen-bond donors (Lipinski definition) is 1. The molecule has 0 heterocycles. The van der Waals surface area contributed by atoms with E-state index in [1.54, 1.807) is 18.2 Å². The van der Waals surface area contributed by atoms with Gasteiger partial charge in [-0.25, -0.2) is 4.79 Å². The fraction of sp³-hybridized carbons (Fsp3) is 0.125. The van der Waals surface area contributed by atoms with Crippen molar-refractivity contribution in [3.8, 4) is 16.9 Å². The summed E-state index contributed by atoms with van der Waals surface area (Å²) in [6.07, 6.45) is 1.19. The number of fused-ring (bicyclic) bond motifs is 3. The Hall–Kier alpha value is -3.53. The van der Waals surface area contributed by atoms with Crippen molar-refractivity contribution in [1.29, 1.82) is 0 Å². The summed E-state index contributed by atoms with van der Waals surface area (Å²) in [5.74, 6) is 0.705. The summed E-state index contributed by atoms with van der Waals surface area (Å²) in [5, 5.41) is 2.76. The van der Waals surface area contributed by atoms with Crippen LogP contribution in [0.5, 0.6) is 5.75 Å². The molecule has 3 aromatic rings. The first kappa shape index (κ1) is 17.9. The maximum atomic E-state index is 12.3. The first-order valence-electron chi connectivity index (χ1n) is 9.22. The van der Waals surface area contributed by atoms with Gasteiger partial charge < -0.3 is 9.47 Å². The van der Waals surface area contributed by atoms with Crippen molar-refractivity contribution in [2.24, 2.45) is 0 Å². The number of carbonyl (C=O) groups excluding carboxylic acids is 1. The van der Waals surface area contributed by atoms with E-state index in [-0.39, 0.29) is 12.5 Å². The standard InChI is InChI=1S/C24H21NO3/c1-2-14-27-18-9-7-8-17(15-18)25-24(26)28-16-23-21-12-5-3-10-19(21)20-11-4-6-13-22(20)23/h2-13,15,23H,1,14,16H2,(H,25,26). The van der Waals surface area contributed by atoms with Crippen molar-refractivity contribution in [2.75, 3.05) is 18.5 Å². The molecule has 1 aliphatic rings. The Morgan fingerprint density at radius 2 is 1.64 bits per heavy atom. The summed E-state index contributed by atoms with van der Waals surface area (Å²) in [6.45, 7) is 4.32. The van der Waals surface area contributed by atoms with E-state index >= 15 is 0 Å². The molecule has 3 aromatic carbocycles. The zero-order valence-electron chi connectivity index (χ0n) is 15.4. The van der Waals surface area contributed by atoms with E-state index in [1.165, 1.54) is 22.3 Å². The molecule has 1 aliphatic carbocycles. The monoisotopic (exact) mass is 371 g/mol. The van der Waals surface area contributed by atoms with E-state index in [0.717, 1.165) is 0 Å². The lowest BCUT2D eigenvalue weighted by Crippen LogP contribution is -2.17. The molecule has 140 valence electrons. The molecule has 0 saturated heterocycles. The van der Waals surface area contributed by atoms with Gasteiger partial charge in [-0.3, -0.25) is 5.32 Å². The third-order valence-electron chi connectivity index (χ3n) is 4.79. The van der Waals surface area contributed by atoms with Crippen LogP contribution >= 0.6 is 0 Å². The number of carbonyl (C=O) groups is 1. The van der Waals surface area contributed by atoms with E-state index in [4.69, 9.17) is 9.47 Å². The highest BCUT2D eigenvalue weighted by Crippen LogP contribution is 2.44. The van der Waals surface area contributed by atoms with Crippen LogP contribution in [0.1, 0.15) is 17.0 Å². The normalized spacial score (nSPS) is 12.0. The summed E-state index contributed by atoms with van der Waals surface area (Å²) < 4.78 is 11.0. The number of ether oxygens (including phenoxy) is 2. The molecule has 0 saturated carbocycles. The lowest BCUT2D eigenvalue weighted by Gasteiger charge is -2.15. The van der Waals surface area contributed by atoms with Gasteiger partial charge in [-0.15, -0.1) is 0 Å². The van der Waals surface area contributed by atoms with Crippen molar-refractivity contribution in [2.45, 2.75) is 5.92 Å². The van der Waals surface area contributed by atoms with Gasteiger partial charge in [-0.2, -0.15) is 0 Å². The zero-order valence-corrected chi connectivity index (χ0v) is 15.4. The molecule has 0 fully saturated rings. The molecule has 0 aliphatic heterocycles. The Bertz CT molecular complexity index is 966. The van der Waals surface area contributed by atoms with Gasteiger partial charge in [-0.1, -0.05) is 67.3 Å². The Morgan fingerprint density at radius 3 is 2.32 bits per heavy atom. The quantitative estimate of drug-likeness (QED) is 0.573. The third kappa shape index (κ3) is 3.62. The van der Waals surface area contributed by atoms with Crippen LogP contribution in [0.2, 0.25) is 0 Å². The van der Waals surface area contributed by atoms with Gasteiger partial charge >= 0.3 is 6.09 Å². The second-order valence-corrected chi connectivity index (χ2v) is 6.58. The highest BCUT2D eigenvalue weighted by molar-refractivity contribution is 5.85. The SMILES string of the molecule is C=CCOc1cccc(NC(=O)OCC2c3ccccc3-c3ccccc32)c1. The molecule has 1 N–H and O–H groups in total. The average molecular weight is 371 g/mol. The Balaban J connectivity index is 1.44. The van der Waals surface area contributed by atoms with Gasteiger partial charge in [0.15, 0.2) is 0 Å². The van der Waals surface area contributed by atoms with Crippen LogP contribution < -0.4 is 10.1 Å². The summed E-state index contributed by atoms with van der Waals surface area (Å²) >= 11 is 0. The van der Waals surface area contributed by atoms with Gasteiger partial charge in [0, 0.05) is 17.7 Å². The van der Waals surface area contributed by atoms with Crippen LogP contribution in [-0.2, 0) is 4.74 Å². The highest BCUT2D eigenvalue weighted by Gasteiger charge is 2.28. The Kier molecular flexibility index (Phi) is 5.11. The highest BCUT2D eigenvalue weighted by atomic mass is 16.5. The van der Waals surface area contributed by atoms with Crippen LogP contribution in [0.15, 0.2) is 85.5 Å². The molecule has 0 atom stereocenters. The predicted molar refractivity (Wildman–Crippen MR) is 111 cm³/mol. The van der Waals surface area contributed by atoms with Crippen molar-refractivity contribution in [3.63, 3.8) is 0 Å². The second kappa shape index (κ2) is 8.01. The topological polar surface area (TPSA) is 47.6 Å². The number of amides is 1. The lowest BCUT2D eigenvalue weighted by molar-refractivity contribution is 0.158. The third-order valence-corrected chi connectivity index (χ3v) is 4.79. The minimum atomic E-state index is -0.484. The molecule has 4 heteroatoms. The molecule has 0 spiro atoms. The number of anilines is 1. The van der Waals surface area contributed by atoms with Crippen LogP contribution in [0, 0.1) is 0 Å². The minimum absolute atomic E-state index is 0.0420. The largest absolute Gasteiger partial charge is 0.489 e. The van der Waals surface area contributed by atoms with Crippen LogP contribution in [0.25, 0.3) is 11.1 Å². The van der Waals surface area contributed by atoms with Gasteiger partial charge in [-0.05, 0) is 34.4 Å². The summed E-state index contributed by atoms with van der Waals surface area (Å²) in [6, 6.07) is 23.7. The van der Waals surface area contributed by atoms with E-state index < -0.39 is 6.09 Å².